The fourth-order valence-corrected chi connectivity index (χ4v) is 5.21. The standard InChI is InChI=1S/C25H23N5O2S2/c1-34(31,32)28-18-12-14-20(15-13-18)30-24(23(27-25(30)33)21-10-5-6-16-26-21)22-11-7-17-29(22)19-8-3-2-4-9-19/h2-17,23-24,28H,1H3,(H,27,33)/t23-,24-/m1/s1. The number of nitrogens with one attached hydrogen (secondary N) is 2. The van der Waals surface area contributed by atoms with Gasteiger partial charge in [-0.15, -0.1) is 0 Å². The van der Waals surface area contributed by atoms with E-state index in [1.807, 2.05) is 60.8 Å². The fraction of sp³-hybridized carbons (Fsp3) is 0.120. The van der Waals surface area contributed by atoms with Gasteiger partial charge in [-0.25, -0.2) is 8.42 Å². The molecule has 4 aromatic rings. The maximum atomic E-state index is 11.6. The van der Waals surface area contributed by atoms with E-state index in [1.54, 1.807) is 18.3 Å². The van der Waals surface area contributed by atoms with Gasteiger partial charge in [0.1, 0.15) is 6.04 Å². The molecule has 2 atom stereocenters. The van der Waals surface area contributed by atoms with E-state index in [4.69, 9.17) is 12.2 Å². The Balaban J connectivity index is 1.60. The van der Waals surface area contributed by atoms with Gasteiger partial charge in [-0.2, -0.15) is 0 Å². The quantitative estimate of drug-likeness (QED) is 0.391. The van der Waals surface area contributed by atoms with Crippen molar-refractivity contribution in [3.63, 3.8) is 0 Å². The zero-order chi connectivity index (χ0) is 23.7. The van der Waals surface area contributed by atoms with Crippen LogP contribution in [0.3, 0.4) is 0 Å². The van der Waals surface area contributed by atoms with Crippen molar-refractivity contribution >= 4 is 38.7 Å². The number of anilines is 2. The van der Waals surface area contributed by atoms with Crippen molar-refractivity contribution < 1.29 is 8.42 Å². The number of sulfonamides is 1. The molecule has 7 nitrogen and oxygen atoms in total. The highest BCUT2D eigenvalue weighted by Gasteiger charge is 2.42. The van der Waals surface area contributed by atoms with Gasteiger partial charge in [-0.1, -0.05) is 24.3 Å². The lowest BCUT2D eigenvalue weighted by Gasteiger charge is -2.29. The van der Waals surface area contributed by atoms with Crippen LogP contribution < -0.4 is 14.9 Å². The molecule has 2 aromatic carbocycles. The van der Waals surface area contributed by atoms with E-state index in [9.17, 15) is 8.42 Å². The summed E-state index contributed by atoms with van der Waals surface area (Å²) in [6.45, 7) is 0. The Kier molecular flexibility index (Phi) is 5.80. The summed E-state index contributed by atoms with van der Waals surface area (Å²) >= 11 is 5.80. The topological polar surface area (TPSA) is 79.3 Å². The molecule has 3 heterocycles. The summed E-state index contributed by atoms with van der Waals surface area (Å²) in [6.07, 6.45) is 4.95. The molecule has 2 N–H and O–H groups in total. The van der Waals surface area contributed by atoms with Gasteiger partial charge in [-0.3, -0.25) is 9.71 Å². The molecule has 1 saturated heterocycles. The first-order valence-electron chi connectivity index (χ1n) is 10.7. The van der Waals surface area contributed by atoms with Crippen molar-refractivity contribution in [3.8, 4) is 5.69 Å². The van der Waals surface area contributed by atoms with Crippen molar-refractivity contribution in [2.45, 2.75) is 12.1 Å². The zero-order valence-corrected chi connectivity index (χ0v) is 20.0. The second-order valence-electron chi connectivity index (χ2n) is 8.06. The van der Waals surface area contributed by atoms with Crippen molar-refractivity contribution in [1.82, 2.24) is 14.9 Å². The van der Waals surface area contributed by atoms with Gasteiger partial charge in [0.05, 0.1) is 18.0 Å². The first-order chi connectivity index (χ1) is 16.4. The summed E-state index contributed by atoms with van der Waals surface area (Å²) in [7, 11) is -3.36. The molecule has 2 aromatic heterocycles. The molecule has 0 unspecified atom stereocenters. The summed E-state index contributed by atoms with van der Waals surface area (Å²) < 4.78 is 27.9. The molecule has 0 saturated carbocycles. The third kappa shape index (κ3) is 4.40. The predicted octanol–water partition coefficient (Wildman–Crippen LogP) is 4.42. The van der Waals surface area contributed by atoms with E-state index in [0.29, 0.717) is 10.8 Å². The molecule has 0 aliphatic carbocycles. The number of nitrogens with zero attached hydrogens (tertiary/aromatic N) is 3. The number of aromatic nitrogens is 2. The summed E-state index contributed by atoms with van der Waals surface area (Å²) in [5.74, 6) is 0. The van der Waals surface area contributed by atoms with E-state index in [2.05, 4.69) is 42.7 Å². The maximum absolute atomic E-state index is 11.6. The largest absolute Gasteiger partial charge is 0.351 e. The summed E-state index contributed by atoms with van der Waals surface area (Å²) in [4.78, 5) is 6.67. The smallest absolute Gasteiger partial charge is 0.229 e. The molecule has 1 aliphatic rings. The zero-order valence-electron chi connectivity index (χ0n) is 18.4. The van der Waals surface area contributed by atoms with Gasteiger partial charge in [0.25, 0.3) is 0 Å². The summed E-state index contributed by atoms with van der Waals surface area (Å²) in [5.41, 5.74) is 4.32. The first-order valence-corrected chi connectivity index (χ1v) is 13.0. The molecule has 9 heteroatoms. The molecule has 34 heavy (non-hydrogen) atoms. The maximum Gasteiger partial charge on any atom is 0.229 e. The molecule has 0 radical (unpaired) electrons. The third-order valence-electron chi connectivity index (χ3n) is 5.66. The van der Waals surface area contributed by atoms with Gasteiger partial charge in [0.2, 0.25) is 10.0 Å². The number of thiocarbonyl (C=S) groups is 1. The predicted molar refractivity (Wildman–Crippen MR) is 139 cm³/mol. The SMILES string of the molecule is CS(=O)(=O)Nc1ccc(N2C(=S)N[C@H](c3ccccn3)[C@H]2c2cccn2-c2ccccc2)cc1. The molecule has 0 amide bonds. The Hall–Kier alpha value is -3.69. The van der Waals surface area contributed by atoms with E-state index in [-0.39, 0.29) is 12.1 Å². The van der Waals surface area contributed by atoms with Gasteiger partial charge < -0.3 is 14.8 Å². The highest BCUT2D eigenvalue weighted by Crippen LogP contribution is 2.42. The number of hydrogen-bond acceptors (Lipinski definition) is 4. The molecule has 1 fully saturated rings. The third-order valence-corrected chi connectivity index (χ3v) is 6.59. The van der Waals surface area contributed by atoms with Crippen LogP contribution in [0.2, 0.25) is 0 Å². The Morgan fingerprint density at radius 3 is 2.32 bits per heavy atom. The molecule has 172 valence electrons. The lowest BCUT2D eigenvalue weighted by molar-refractivity contribution is 0.549. The lowest BCUT2D eigenvalue weighted by Crippen LogP contribution is -2.30. The number of para-hydroxylation sites is 1. The van der Waals surface area contributed by atoms with Crippen LogP contribution in [0.25, 0.3) is 5.69 Å². The number of rotatable bonds is 6. The molecule has 0 spiro atoms. The average molecular weight is 490 g/mol. The second kappa shape index (κ2) is 8.92. The molecular weight excluding hydrogens is 466 g/mol. The van der Waals surface area contributed by atoms with Gasteiger partial charge in [0.15, 0.2) is 5.11 Å². The normalized spacial score (nSPS) is 18.0. The van der Waals surface area contributed by atoms with Crippen molar-refractivity contribution in [1.29, 1.82) is 0 Å². The van der Waals surface area contributed by atoms with Gasteiger partial charge >= 0.3 is 0 Å². The minimum Gasteiger partial charge on any atom is -0.351 e. The number of benzene rings is 2. The van der Waals surface area contributed by atoms with Crippen LogP contribution in [0.15, 0.2) is 97.3 Å². The number of hydrogen-bond donors (Lipinski definition) is 2. The summed E-state index contributed by atoms with van der Waals surface area (Å²) in [6, 6.07) is 27.0. The minimum atomic E-state index is -3.36. The van der Waals surface area contributed by atoms with E-state index in [1.165, 1.54) is 0 Å². The van der Waals surface area contributed by atoms with Crippen LogP contribution in [0.1, 0.15) is 23.5 Å². The van der Waals surface area contributed by atoms with Crippen LogP contribution in [0.4, 0.5) is 11.4 Å². The fourth-order valence-electron chi connectivity index (χ4n) is 4.30. The Morgan fingerprint density at radius 1 is 0.912 bits per heavy atom. The molecular formula is C25H23N5O2S2. The number of pyridine rings is 1. The van der Waals surface area contributed by atoms with Crippen LogP contribution in [0.5, 0.6) is 0 Å². The highest BCUT2D eigenvalue weighted by molar-refractivity contribution is 7.92. The first kappa shape index (κ1) is 22.1. The van der Waals surface area contributed by atoms with E-state index >= 15 is 0 Å². The van der Waals surface area contributed by atoms with Crippen LogP contribution in [-0.2, 0) is 10.0 Å². The van der Waals surface area contributed by atoms with Crippen molar-refractivity contribution in [2.75, 3.05) is 15.9 Å². The molecule has 1 aliphatic heterocycles. The summed E-state index contributed by atoms with van der Waals surface area (Å²) in [5, 5.41) is 4.03. The van der Waals surface area contributed by atoms with Crippen LogP contribution >= 0.6 is 12.2 Å². The molecule has 5 rings (SSSR count). The minimum absolute atomic E-state index is 0.181. The second-order valence-corrected chi connectivity index (χ2v) is 10.2. The highest BCUT2D eigenvalue weighted by atomic mass is 32.2. The Bertz CT molecular complexity index is 1400. The van der Waals surface area contributed by atoms with Crippen molar-refractivity contribution in [3.05, 3.63) is 109 Å². The van der Waals surface area contributed by atoms with Gasteiger partial charge in [-0.05, 0) is 72.9 Å². The lowest BCUT2D eigenvalue weighted by atomic mass is 10.0. The van der Waals surface area contributed by atoms with Crippen molar-refractivity contribution in [2.24, 2.45) is 0 Å². The average Bonchev–Trinajstić information content (AvgIpc) is 3.44. The van der Waals surface area contributed by atoms with Gasteiger partial charge in [0, 0.05) is 35.1 Å². The molecule has 0 bridgehead atoms. The van der Waals surface area contributed by atoms with Crippen LogP contribution in [-0.4, -0.2) is 29.3 Å². The Labute approximate surface area is 204 Å². The van der Waals surface area contributed by atoms with E-state index in [0.717, 1.165) is 29.0 Å². The van der Waals surface area contributed by atoms with Crippen LogP contribution in [0, 0.1) is 0 Å². The van der Waals surface area contributed by atoms with E-state index < -0.39 is 10.0 Å². The Morgan fingerprint density at radius 2 is 1.65 bits per heavy atom. The monoisotopic (exact) mass is 489 g/mol.